The van der Waals surface area contributed by atoms with Gasteiger partial charge in [-0.05, 0) is 6.92 Å². The molecule has 2 aromatic heterocycles. The fraction of sp³-hybridized carbons (Fsp3) is 0.0769. The Labute approximate surface area is 99.8 Å². The van der Waals surface area contributed by atoms with Crippen molar-refractivity contribution in [2.75, 3.05) is 0 Å². The van der Waals surface area contributed by atoms with Crippen molar-refractivity contribution in [3.05, 3.63) is 60.9 Å². The highest BCUT2D eigenvalue weighted by atomic mass is 14.9. The lowest BCUT2D eigenvalue weighted by Gasteiger charge is -1.92. The van der Waals surface area contributed by atoms with E-state index in [4.69, 9.17) is 0 Å². The molecule has 0 atom stereocenters. The number of imidazole rings is 2. The van der Waals surface area contributed by atoms with Crippen LogP contribution in [0.1, 0.15) is 5.69 Å². The number of benzene rings is 1. The molecule has 0 saturated carbocycles. The minimum absolute atomic E-state index is 0.922. The Balaban J connectivity index is 0.000000153. The van der Waals surface area contributed by atoms with Crippen molar-refractivity contribution in [1.82, 2.24) is 19.9 Å². The SMILES string of the molecule is Cc1cnc[nH]1.c1ccc(-c2ncc[nH]2)cc1. The monoisotopic (exact) mass is 226 g/mol. The summed E-state index contributed by atoms with van der Waals surface area (Å²) in [6.07, 6.45) is 7.01. The van der Waals surface area contributed by atoms with Crippen molar-refractivity contribution in [3.8, 4) is 11.4 Å². The van der Waals surface area contributed by atoms with Crippen LogP contribution in [0.2, 0.25) is 0 Å². The summed E-state index contributed by atoms with van der Waals surface area (Å²) in [5, 5.41) is 0. The second kappa shape index (κ2) is 5.65. The number of aryl methyl sites for hydroxylation is 1. The molecule has 86 valence electrons. The number of H-pyrrole nitrogens is 2. The predicted molar refractivity (Wildman–Crippen MR) is 67.3 cm³/mol. The van der Waals surface area contributed by atoms with Gasteiger partial charge in [0.2, 0.25) is 0 Å². The average Bonchev–Trinajstić information content (AvgIpc) is 3.03. The molecule has 0 spiro atoms. The van der Waals surface area contributed by atoms with Gasteiger partial charge >= 0.3 is 0 Å². The first-order chi connectivity index (χ1) is 8.36. The molecule has 17 heavy (non-hydrogen) atoms. The largest absolute Gasteiger partial charge is 0.349 e. The van der Waals surface area contributed by atoms with Gasteiger partial charge in [-0.15, -0.1) is 0 Å². The smallest absolute Gasteiger partial charge is 0.137 e. The maximum Gasteiger partial charge on any atom is 0.137 e. The third-order valence-corrected chi connectivity index (χ3v) is 2.18. The number of hydrogen-bond donors (Lipinski definition) is 2. The summed E-state index contributed by atoms with van der Waals surface area (Å²) in [6.45, 7) is 1.97. The zero-order valence-electron chi connectivity index (χ0n) is 9.59. The molecule has 0 aliphatic heterocycles. The van der Waals surface area contributed by atoms with E-state index in [1.54, 1.807) is 18.7 Å². The molecule has 1 aromatic carbocycles. The third kappa shape index (κ3) is 3.31. The fourth-order valence-electron chi connectivity index (χ4n) is 1.34. The number of hydrogen-bond acceptors (Lipinski definition) is 2. The summed E-state index contributed by atoms with van der Waals surface area (Å²) in [7, 11) is 0. The maximum atomic E-state index is 4.13. The van der Waals surface area contributed by atoms with E-state index in [1.165, 1.54) is 0 Å². The molecule has 0 aliphatic carbocycles. The fourth-order valence-corrected chi connectivity index (χ4v) is 1.34. The lowest BCUT2D eigenvalue weighted by molar-refractivity contribution is 1.25. The van der Waals surface area contributed by atoms with E-state index in [2.05, 4.69) is 19.9 Å². The normalized spacial score (nSPS) is 9.47. The van der Waals surface area contributed by atoms with Crippen LogP contribution in [-0.4, -0.2) is 19.9 Å². The highest BCUT2D eigenvalue weighted by molar-refractivity contribution is 5.53. The Bertz CT molecular complexity index is 512. The standard InChI is InChI=1S/C9H8N2.C4H6N2/c1-2-4-8(5-3-1)9-10-6-7-11-9;1-4-2-5-3-6-4/h1-7H,(H,10,11);2-3H,1H3,(H,5,6). The van der Waals surface area contributed by atoms with Crippen molar-refractivity contribution in [2.24, 2.45) is 0 Å². The van der Waals surface area contributed by atoms with Crippen LogP contribution >= 0.6 is 0 Å². The molecule has 0 aliphatic rings. The second-order valence-electron chi connectivity index (χ2n) is 3.54. The van der Waals surface area contributed by atoms with Gasteiger partial charge in [0, 0.05) is 29.8 Å². The minimum Gasteiger partial charge on any atom is -0.349 e. The summed E-state index contributed by atoms with van der Waals surface area (Å²) < 4.78 is 0. The van der Waals surface area contributed by atoms with Gasteiger partial charge in [0.05, 0.1) is 6.33 Å². The minimum atomic E-state index is 0.922. The van der Waals surface area contributed by atoms with Crippen molar-refractivity contribution in [2.45, 2.75) is 6.92 Å². The van der Waals surface area contributed by atoms with Gasteiger partial charge in [-0.25, -0.2) is 9.97 Å². The molecule has 4 heteroatoms. The first-order valence-corrected chi connectivity index (χ1v) is 5.36. The molecule has 0 unspecified atom stereocenters. The number of nitrogens with one attached hydrogen (secondary N) is 2. The van der Waals surface area contributed by atoms with Gasteiger partial charge in [-0.1, -0.05) is 30.3 Å². The molecule has 0 saturated heterocycles. The van der Waals surface area contributed by atoms with E-state index >= 15 is 0 Å². The molecular formula is C13H14N4. The Morgan fingerprint density at radius 3 is 2.35 bits per heavy atom. The second-order valence-corrected chi connectivity index (χ2v) is 3.54. The lowest BCUT2D eigenvalue weighted by atomic mass is 10.2. The van der Waals surface area contributed by atoms with Gasteiger partial charge in [0.15, 0.2) is 0 Å². The van der Waals surface area contributed by atoms with Crippen LogP contribution in [0.3, 0.4) is 0 Å². The zero-order chi connectivity index (χ0) is 11.9. The molecule has 0 radical (unpaired) electrons. The molecule has 3 aromatic rings. The van der Waals surface area contributed by atoms with Crippen LogP contribution in [0, 0.1) is 6.92 Å². The quantitative estimate of drug-likeness (QED) is 0.670. The van der Waals surface area contributed by atoms with Crippen LogP contribution < -0.4 is 0 Å². The molecular weight excluding hydrogens is 212 g/mol. The van der Waals surface area contributed by atoms with E-state index in [-0.39, 0.29) is 0 Å². The van der Waals surface area contributed by atoms with E-state index < -0.39 is 0 Å². The summed E-state index contributed by atoms with van der Waals surface area (Å²) in [4.78, 5) is 13.8. The van der Waals surface area contributed by atoms with Crippen LogP contribution in [-0.2, 0) is 0 Å². The summed E-state index contributed by atoms with van der Waals surface area (Å²) in [6, 6.07) is 10.0. The molecule has 3 rings (SSSR count). The Morgan fingerprint density at radius 2 is 1.88 bits per heavy atom. The van der Waals surface area contributed by atoms with Crippen molar-refractivity contribution >= 4 is 0 Å². The van der Waals surface area contributed by atoms with Crippen molar-refractivity contribution in [1.29, 1.82) is 0 Å². The highest BCUT2D eigenvalue weighted by Gasteiger charge is 1.94. The first kappa shape index (κ1) is 11.1. The molecule has 0 fully saturated rings. The number of aromatic amines is 2. The van der Waals surface area contributed by atoms with Gasteiger partial charge in [-0.3, -0.25) is 0 Å². The lowest BCUT2D eigenvalue weighted by Crippen LogP contribution is -1.77. The van der Waals surface area contributed by atoms with Crippen LogP contribution in [0.25, 0.3) is 11.4 Å². The molecule has 2 heterocycles. The number of rotatable bonds is 1. The van der Waals surface area contributed by atoms with E-state index in [9.17, 15) is 0 Å². The van der Waals surface area contributed by atoms with Crippen molar-refractivity contribution < 1.29 is 0 Å². The van der Waals surface area contributed by atoms with Gasteiger partial charge in [0.1, 0.15) is 5.82 Å². The van der Waals surface area contributed by atoms with Crippen LogP contribution in [0.15, 0.2) is 55.2 Å². The van der Waals surface area contributed by atoms with Gasteiger partial charge < -0.3 is 9.97 Å². The van der Waals surface area contributed by atoms with E-state index in [1.807, 2.05) is 43.5 Å². The first-order valence-electron chi connectivity index (χ1n) is 5.36. The zero-order valence-corrected chi connectivity index (χ0v) is 9.59. The summed E-state index contributed by atoms with van der Waals surface area (Å²) in [5.41, 5.74) is 2.23. The third-order valence-electron chi connectivity index (χ3n) is 2.18. The highest BCUT2D eigenvalue weighted by Crippen LogP contribution is 2.11. The van der Waals surface area contributed by atoms with E-state index in [0.29, 0.717) is 0 Å². The summed E-state index contributed by atoms with van der Waals surface area (Å²) >= 11 is 0. The van der Waals surface area contributed by atoms with Gasteiger partial charge in [0.25, 0.3) is 0 Å². The molecule has 0 bridgehead atoms. The molecule has 4 nitrogen and oxygen atoms in total. The number of aromatic nitrogens is 4. The van der Waals surface area contributed by atoms with Crippen LogP contribution in [0.5, 0.6) is 0 Å². The van der Waals surface area contributed by atoms with Crippen molar-refractivity contribution in [3.63, 3.8) is 0 Å². The van der Waals surface area contributed by atoms with Crippen LogP contribution in [0.4, 0.5) is 0 Å². The van der Waals surface area contributed by atoms with Gasteiger partial charge in [-0.2, -0.15) is 0 Å². The number of nitrogens with zero attached hydrogens (tertiary/aromatic N) is 2. The average molecular weight is 226 g/mol. The maximum absolute atomic E-state index is 4.13. The molecule has 2 N–H and O–H groups in total. The Hall–Kier alpha value is -2.36. The van der Waals surface area contributed by atoms with E-state index in [0.717, 1.165) is 17.1 Å². The summed E-state index contributed by atoms with van der Waals surface area (Å²) in [5.74, 6) is 0.922. The Morgan fingerprint density at radius 1 is 1.06 bits per heavy atom. The Kier molecular flexibility index (Phi) is 3.70. The molecule has 0 amide bonds. The topological polar surface area (TPSA) is 57.4 Å². The predicted octanol–water partition coefficient (Wildman–Crippen LogP) is 2.79.